The van der Waals surface area contributed by atoms with Gasteiger partial charge in [0.15, 0.2) is 5.11 Å². The van der Waals surface area contributed by atoms with Gasteiger partial charge in [0.05, 0.1) is 13.7 Å². The van der Waals surface area contributed by atoms with E-state index < -0.39 is 10.1 Å². The van der Waals surface area contributed by atoms with Crippen molar-refractivity contribution in [3.63, 3.8) is 0 Å². The molecule has 0 atom stereocenters. The average Bonchev–Trinajstić information content (AvgIpc) is 2.63. The molecule has 0 heterocycles. The molecule has 0 fully saturated rings. The molecule has 2 aromatic carbocycles. The first-order chi connectivity index (χ1) is 13.3. The zero-order valence-corrected chi connectivity index (χ0v) is 17.0. The van der Waals surface area contributed by atoms with Gasteiger partial charge in [-0.05, 0) is 49.0 Å². The molecule has 0 unspecified atom stereocenters. The maximum absolute atomic E-state index is 12.6. The van der Waals surface area contributed by atoms with Crippen LogP contribution in [0.5, 0.6) is 17.2 Å². The summed E-state index contributed by atoms with van der Waals surface area (Å²) >= 11 is 4.62. The highest BCUT2D eigenvalue weighted by Gasteiger charge is 2.21. The number of thiocarbonyl (C=S) groups is 1. The summed E-state index contributed by atoms with van der Waals surface area (Å²) in [6.07, 6.45) is 2.07. The third-order valence-electron chi connectivity index (χ3n) is 3.35. The van der Waals surface area contributed by atoms with E-state index >= 15 is 0 Å². The Kier molecular flexibility index (Phi) is 7.59. The molecular formula is C18H21N3O5S2. The van der Waals surface area contributed by atoms with Gasteiger partial charge in [-0.25, -0.2) is 0 Å². The second-order valence-corrected chi connectivity index (χ2v) is 7.55. The smallest absolute Gasteiger partial charge is 0.342 e. The van der Waals surface area contributed by atoms with Crippen molar-refractivity contribution in [1.29, 1.82) is 0 Å². The molecule has 28 heavy (non-hydrogen) atoms. The Morgan fingerprint density at radius 3 is 2.68 bits per heavy atom. The number of benzene rings is 2. The van der Waals surface area contributed by atoms with E-state index in [2.05, 4.69) is 22.7 Å². The minimum absolute atomic E-state index is 0.0528. The van der Waals surface area contributed by atoms with Crippen LogP contribution < -0.4 is 24.8 Å². The van der Waals surface area contributed by atoms with Crippen molar-refractivity contribution in [3.05, 3.63) is 48.0 Å². The molecule has 0 aliphatic heterocycles. The lowest BCUT2D eigenvalue weighted by atomic mass is 10.2. The predicted molar refractivity (Wildman–Crippen MR) is 111 cm³/mol. The van der Waals surface area contributed by atoms with Crippen LogP contribution in [0.1, 0.15) is 12.0 Å². The van der Waals surface area contributed by atoms with E-state index in [4.69, 9.17) is 19.4 Å². The van der Waals surface area contributed by atoms with Crippen LogP contribution in [0.15, 0.2) is 52.5 Å². The minimum atomic E-state index is -4.06. The highest BCUT2D eigenvalue weighted by atomic mass is 32.2. The summed E-state index contributed by atoms with van der Waals surface area (Å²) in [4.78, 5) is -0.0528. The molecule has 0 bridgehead atoms. The first-order valence-corrected chi connectivity index (χ1v) is 10.0. The van der Waals surface area contributed by atoms with Crippen molar-refractivity contribution in [1.82, 2.24) is 5.43 Å². The van der Waals surface area contributed by atoms with Gasteiger partial charge < -0.3 is 19.4 Å². The van der Waals surface area contributed by atoms with E-state index in [9.17, 15) is 8.42 Å². The van der Waals surface area contributed by atoms with Gasteiger partial charge in [-0.1, -0.05) is 12.1 Å². The average molecular weight is 424 g/mol. The summed E-state index contributed by atoms with van der Waals surface area (Å²) in [6, 6.07) is 11.1. The van der Waals surface area contributed by atoms with Gasteiger partial charge >= 0.3 is 10.1 Å². The molecule has 2 aromatic rings. The molecule has 0 saturated heterocycles. The molecule has 0 radical (unpaired) electrons. The van der Waals surface area contributed by atoms with Crippen LogP contribution in [0.2, 0.25) is 0 Å². The number of hydrazone groups is 1. The van der Waals surface area contributed by atoms with Crippen LogP contribution in [0.4, 0.5) is 0 Å². The largest absolute Gasteiger partial charge is 0.495 e. The molecule has 0 aliphatic carbocycles. The number of hydrogen-bond donors (Lipinski definition) is 2. The van der Waals surface area contributed by atoms with Gasteiger partial charge in [-0.3, -0.25) is 5.43 Å². The highest BCUT2D eigenvalue weighted by molar-refractivity contribution is 7.87. The van der Waals surface area contributed by atoms with Crippen LogP contribution >= 0.6 is 12.2 Å². The molecular weight excluding hydrogens is 402 g/mol. The number of nitrogens with zero attached hydrogens (tertiary/aromatic N) is 1. The maximum atomic E-state index is 12.6. The number of hydrogen-bond acceptors (Lipinski definition) is 7. The number of nitrogens with one attached hydrogen (secondary N) is 1. The molecule has 150 valence electrons. The fourth-order valence-corrected chi connectivity index (χ4v) is 3.38. The fourth-order valence-electron chi connectivity index (χ4n) is 2.25. The fraction of sp³-hybridized carbons (Fsp3) is 0.222. The van der Waals surface area contributed by atoms with Crippen molar-refractivity contribution in [2.45, 2.75) is 18.2 Å². The van der Waals surface area contributed by atoms with Gasteiger partial charge in [-0.15, -0.1) is 0 Å². The van der Waals surface area contributed by atoms with Crippen LogP contribution in [-0.2, 0) is 10.1 Å². The van der Waals surface area contributed by atoms with Gasteiger partial charge in [0, 0.05) is 18.7 Å². The lowest BCUT2D eigenvalue weighted by Gasteiger charge is -2.12. The normalized spacial score (nSPS) is 11.2. The second kappa shape index (κ2) is 9.90. The van der Waals surface area contributed by atoms with Crippen molar-refractivity contribution >= 4 is 33.7 Å². The number of methoxy groups -OCH3 is 1. The molecule has 2 rings (SSSR count). The molecule has 8 nitrogen and oxygen atoms in total. The Morgan fingerprint density at radius 2 is 1.96 bits per heavy atom. The van der Waals surface area contributed by atoms with Gasteiger partial charge in [-0.2, -0.15) is 13.5 Å². The van der Waals surface area contributed by atoms with Crippen LogP contribution in [0, 0.1) is 6.92 Å². The summed E-state index contributed by atoms with van der Waals surface area (Å²) in [5.74, 6) is 0.821. The SMILES string of the molecule is COc1ccccc1S(=O)(=O)Oc1cc(C)cc(OCC/C=N/NC(N)=S)c1. The number of para-hydroxylation sites is 1. The predicted octanol–water partition coefficient (Wildman–Crippen LogP) is 2.36. The number of nitrogens with two attached hydrogens (primary N) is 1. The van der Waals surface area contributed by atoms with E-state index in [-0.39, 0.29) is 21.5 Å². The Balaban J connectivity index is 2.08. The van der Waals surface area contributed by atoms with E-state index in [1.54, 1.807) is 36.5 Å². The topological polar surface area (TPSA) is 112 Å². The Morgan fingerprint density at radius 1 is 1.25 bits per heavy atom. The summed E-state index contributed by atoms with van der Waals surface area (Å²) in [5, 5.41) is 3.88. The lowest BCUT2D eigenvalue weighted by Crippen LogP contribution is -2.24. The summed E-state index contributed by atoms with van der Waals surface area (Å²) in [7, 11) is -2.67. The Labute approximate surface area is 169 Å². The molecule has 0 aliphatic rings. The zero-order valence-electron chi connectivity index (χ0n) is 15.4. The van der Waals surface area contributed by atoms with E-state index in [1.807, 2.05) is 6.92 Å². The minimum Gasteiger partial charge on any atom is -0.495 e. The highest BCUT2D eigenvalue weighted by Crippen LogP contribution is 2.29. The Bertz CT molecular complexity index is 961. The first kappa shape index (κ1) is 21.5. The monoisotopic (exact) mass is 423 g/mol. The molecule has 0 saturated carbocycles. The van der Waals surface area contributed by atoms with Gasteiger partial charge in [0.1, 0.15) is 22.1 Å². The second-order valence-electron chi connectivity index (χ2n) is 5.59. The van der Waals surface area contributed by atoms with Crippen molar-refractivity contribution < 1.29 is 22.1 Å². The number of ether oxygens (including phenoxy) is 2. The van der Waals surface area contributed by atoms with Crippen molar-refractivity contribution in [3.8, 4) is 17.2 Å². The van der Waals surface area contributed by atoms with Gasteiger partial charge in [0.2, 0.25) is 0 Å². The molecule has 10 heteroatoms. The van der Waals surface area contributed by atoms with Crippen molar-refractivity contribution in [2.75, 3.05) is 13.7 Å². The number of aryl methyl sites for hydroxylation is 1. The first-order valence-electron chi connectivity index (χ1n) is 8.21. The molecule has 0 spiro atoms. The maximum Gasteiger partial charge on any atom is 0.342 e. The zero-order chi connectivity index (χ0) is 20.6. The van der Waals surface area contributed by atoms with Crippen LogP contribution in [-0.4, -0.2) is 33.5 Å². The van der Waals surface area contributed by atoms with E-state index in [0.717, 1.165) is 5.56 Å². The molecule has 0 amide bonds. The third kappa shape index (κ3) is 6.39. The number of rotatable bonds is 9. The van der Waals surface area contributed by atoms with Gasteiger partial charge in [0.25, 0.3) is 0 Å². The van der Waals surface area contributed by atoms with E-state index in [1.165, 1.54) is 19.2 Å². The molecule has 3 N–H and O–H groups in total. The summed E-state index contributed by atoms with van der Waals surface area (Å²) in [5.41, 5.74) is 8.47. The summed E-state index contributed by atoms with van der Waals surface area (Å²) in [6.45, 7) is 2.13. The molecule has 0 aromatic heterocycles. The quantitative estimate of drug-likeness (QED) is 0.208. The van der Waals surface area contributed by atoms with Crippen LogP contribution in [0.25, 0.3) is 0 Å². The van der Waals surface area contributed by atoms with Crippen LogP contribution in [0.3, 0.4) is 0 Å². The van der Waals surface area contributed by atoms with E-state index in [0.29, 0.717) is 18.8 Å². The Hall–Kier alpha value is -2.85. The lowest BCUT2D eigenvalue weighted by molar-refractivity contribution is 0.329. The third-order valence-corrected chi connectivity index (χ3v) is 4.73. The van der Waals surface area contributed by atoms with Crippen molar-refractivity contribution in [2.24, 2.45) is 10.8 Å². The summed E-state index contributed by atoms with van der Waals surface area (Å²) < 4.78 is 41.2. The standard InChI is InChI=1S/C18H21N3O5S2/c1-13-10-14(25-9-5-8-20-21-18(19)27)12-15(11-13)26-28(22,23)17-7-4-3-6-16(17)24-2/h3-4,6-8,10-12H,5,9H2,1-2H3,(H3,19,21,27)/b20-8+.